The Kier molecular flexibility index (Phi) is 8.03. The van der Waals surface area contributed by atoms with Crippen LogP contribution < -0.4 is 10.6 Å². The normalized spacial score (nSPS) is 21.1. The summed E-state index contributed by atoms with van der Waals surface area (Å²) < 4.78 is 2.10. The molecule has 1 aromatic rings. The summed E-state index contributed by atoms with van der Waals surface area (Å²) in [5, 5.41) is 11.9. The minimum atomic E-state index is 0. The monoisotopic (exact) mass is 459 g/mol. The second-order valence-corrected chi connectivity index (χ2v) is 7.70. The predicted molar refractivity (Wildman–Crippen MR) is 115 cm³/mol. The van der Waals surface area contributed by atoms with Crippen LogP contribution in [0.4, 0.5) is 0 Å². The average Bonchev–Trinajstić information content (AvgIpc) is 3.22. The summed E-state index contributed by atoms with van der Waals surface area (Å²) in [6.07, 6.45) is 12.4. The van der Waals surface area contributed by atoms with Gasteiger partial charge in [-0.15, -0.1) is 24.0 Å². The molecule has 0 saturated heterocycles. The second kappa shape index (κ2) is 9.78. The van der Waals surface area contributed by atoms with E-state index < -0.39 is 0 Å². The van der Waals surface area contributed by atoms with Crippen LogP contribution in [0.25, 0.3) is 0 Å². The van der Waals surface area contributed by atoms with Crippen LogP contribution in [0.5, 0.6) is 0 Å². The van der Waals surface area contributed by atoms with E-state index >= 15 is 0 Å². The van der Waals surface area contributed by atoms with Crippen molar-refractivity contribution in [2.45, 2.75) is 77.3 Å². The van der Waals surface area contributed by atoms with Crippen LogP contribution in [-0.4, -0.2) is 35.4 Å². The number of nitrogens with one attached hydrogen (secondary N) is 2. The van der Waals surface area contributed by atoms with Gasteiger partial charge in [-0.05, 0) is 44.6 Å². The number of rotatable bonds is 5. The van der Waals surface area contributed by atoms with E-state index in [0.717, 1.165) is 37.7 Å². The Balaban J connectivity index is 0.00000225. The Morgan fingerprint density at radius 3 is 2.76 bits per heavy atom. The number of fused-ring (bicyclic) bond motifs is 1. The highest BCUT2D eigenvalue weighted by Gasteiger charge is 2.23. The van der Waals surface area contributed by atoms with Crippen molar-refractivity contribution in [2.24, 2.45) is 10.9 Å². The van der Waals surface area contributed by atoms with E-state index in [1.165, 1.54) is 43.4 Å². The van der Waals surface area contributed by atoms with Crippen molar-refractivity contribution in [3.63, 3.8) is 0 Å². The predicted octanol–water partition coefficient (Wildman–Crippen LogP) is 3.68. The lowest BCUT2D eigenvalue weighted by atomic mass is 9.94. The molecule has 1 unspecified atom stereocenters. The van der Waals surface area contributed by atoms with Crippen molar-refractivity contribution in [2.75, 3.05) is 13.6 Å². The third-order valence-corrected chi connectivity index (χ3v) is 5.51. The molecule has 0 aliphatic heterocycles. The zero-order valence-corrected chi connectivity index (χ0v) is 18.3. The molecule has 2 aliphatic rings. The molecule has 25 heavy (non-hydrogen) atoms. The van der Waals surface area contributed by atoms with Gasteiger partial charge in [0.05, 0.1) is 5.69 Å². The molecule has 1 aromatic heterocycles. The first kappa shape index (κ1) is 20.5. The van der Waals surface area contributed by atoms with E-state index in [-0.39, 0.29) is 24.0 Å². The van der Waals surface area contributed by atoms with Gasteiger partial charge in [-0.3, -0.25) is 9.67 Å². The summed E-state index contributed by atoms with van der Waals surface area (Å²) in [6.45, 7) is 5.40. The molecule has 0 aromatic carbocycles. The fraction of sp³-hybridized carbons (Fsp3) is 0.789. The number of nitrogens with zero attached hydrogens (tertiary/aromatic N) is 3. The zero-order valence-electron chi connectivity index (χ0n) is 15.9. The molecule has 0 radical (unpaired) electrons. The number of aromatic nitrogens is 2. The fourth-order valence-corrected chi connectivity index (χ4v) is 3.98. The first-order chi connectivity index (χ1) is 11.7. The number of hydrogen-bond acceptors (Lipinski definition) is 2. The standard InChI is InChI=1S/C19H33N5.HI/c1-14(2)24-13-16-8-9-17(12-18(16)23-24)22-19(20-3)21-11-10-15-6-4-5-7-15;/h13-15,17H,4-12H2,1-3H3,(H2,20,21,22);1H. The Morgan fingerprint density at radius 2 is 2.08 bits per heavy atom. The summed E-state index contributed by atoms with van der Waals surface area (Å²) in [7, 11) is 1.87. The van der Waals surface area contributed by atoms with E-state index in [1.54, 1.807) is 0 Å². The second-order valence-electron chi connectivity index (χ2n) is 7.70. The van der Waals surface area contributed by atoms with Crippen molar-refractivity contribution >= 4 is 29.9 Å². The number of guanidine groups is 1. The quantitative estimate of drug-likeness (QED) is 0.401. The molecule has 1 fully saturated rings. The molecule has 5 nitrogen and oxygen atoms in total. The van der Waals surface area contributed by atoms with Crippen LogP contribution in [0.1, 0.15) is 69.7 Å². The maximum atomic E-state index is 4.76. The SMILES string of the molecule is CN=C(NCCC1CCCC1)NC1CCc2cn(C(C)C)nc2C1.I. The first-order valence-corrected chi connectivity index (χ1v) is 9.69. The molecule has 0 bridgehead atoms. The molecular formula is C19H34IN5. The number of halogens is 1. The topological polar surface area (TPSA) is 54.2 Å². The van der Waals surface area contributed by atoms with Gasteiger partial charge >= 0.3 is 0 Å². The van der Waals surface area contributed by atoms with Crippen LogP contribution in [0.3, 0.4) is 0 Å². The van der Waals surface area contributed by atoms with Gasteiger partial charge in [0.2, 0.25) is 0 Å². The van der Waals surface area contributed by atoms with Gasteiger partial charge in [0, 0.05) is 38.3 Å². The van der Waals surface area contributed by atoms with E-state index in [4.69, 9.17) is 5.10 Å². The highest BCUT2D eigenvalue weighted by atomic mass is 127. The lowest BCUT2D eigenvalue weighted by molar-refractivity contribution is 0.484. The molecule has 0 amide bonds. The van der Waals surface area contributed by atoms with Gasteiger partial charge in [0.1, 0.15) is 0 Å². The minimum Gasteiger partial charge on any atom is -0.356 e. The molecule has 0 spiro atoms. The molecular weight excluding hydrogens is 425 g/mol. The van der Waals surface area contributed by atoms with Crippen LogP contribution in [0, 0.1) is 5.92 Å². The molecule has 2 N–H and O–H groups in total. The van der Waals surface area contributed by atoms with E-state index in [9.17, 15) is 0 Å². The van der Waals surface area contributed by atoms with Crippen molar-refractivity contribution in [1.29, 1.82) is 0 Å². The van der Waals surface area contributed by atoms with Crippen LogP contribution in [-0.2, 0) is 12.8 Å². The minimum absolute atomic E-state index is 0. The third-order valence-electron chi connectivity index (χ3n) is 5.51. The largest absolute Gasteiger partial charge is 0.356 e. The molecule has 3 rings (SSSR count). The molecule has 1 heterocycles. The highest BCUT2D eigenvalue weighted by Crippen LogP contribution is 2.27. The third kappa shape index (κ3) is 5.59. The van der Waals surface area contributed by atoms with E-state index in [2.05, 4.69) is 40.4 Å². The maximum Gasteiger partial charge on any atom is 0.191 e. The summed E-state index contributed by atoms with van der Waals surface area (Å²) in [5.74, 6) is 1.87. The molecule has 1 atom stereocenters. The summed E-state index contributed by atoms with van der Waals surface area (Å²) in [5.41, 5.74) is 2.68. The maximum absolute atomic E-state index is 4.76. The molecule has 142 valence electrons. The average molecular weight is 459 g/mol. The first-order valence-electron chi connectivity index (χ1n) is 9.69. The van der Waals surface area contributed by atoms with Gasteiger partial charge in [-0.1, -0.05) is 25.7 Å². The number of aryl methyl sites for hydroxylation is 1. The van der Waals surface area contributed by atoms with E-state index in [0.29, 0.717) is 12.1 Å². The smallest absolute Gasteiger partial charge is 0.191 e. The van der Waals surface area contributed by atoms with Gasteiger partial charge in [0.15, 0.2) is 5.96 Å². The van der Waals surface area contributed by atoms with Crippen molar-refractivity contribution in [1.82, 2.24) is 20.4 Å². The van der Waals surface area contributed by atoms with Crippen molar-refractivity contribution < 1.29 is 0 Å². The number of aliphatic imine (C=N–C) groups is 1. The Morgan fingerprint density at radius 1 is 1.32 bits per heavy atom. The molecule has 6 heteroatoms. The molecule has 2 aliphatic carbocycles. The Bertz CT molecular complexity index is 560. The van der Waals surface area contributed by atoms with Crippen molar-refractivity contribution in [3.05, 3.63) is 17.5 Å². The summed E-state index contributed by atoms with van der Waals surface area (Å²) in [6, 6.07) is 0.873. The Hall–Kier alpha value is -0.790. The Labute approximate surface area is 169 Å². The van der Waals surface area contributed by atoms with Gasteiger partial charge in [-0.25, -0.2) is 0 Å². The van der Waals surface area contributed by atoms with Gasteiger partial charge in [0.25, 0.3) is 0 Å². The van der Waals surface area contributed by atoms with Crippen LogP contribution in [0.2, 0.25) is 0 Å². The summed E-state index contributed by atoms with van der Waals surface area (Å²) in [4.78, 5) is 4.40. The van der Waals surface area contributed by atoms with Gasteiger partial charge < -0.3 is 10.6 Å². The lowest BCUT2D eigenvalue weighted by Crippen LogP contribution is -2.46. The lowest BCUT2D eigenvalue weighted by Gasteiger charge is -2.24. The summed E-state index contributed by atoms with van der Waals surface area (Å²) >= 11 is 0. The fourth-order valence-electron chi connectivity index (χ4n) is 3.98. The van der Waals surface area contributed by atoms with Crippen molar-refractivity contribution in [3.8, 4) is 0 Å². The molecule has 1 saturated carbocycles. The zero-order chi connectivity index (χ0) is 16.9. The number of hydrogen-bond donors (Lipinski definition) is 2. The van der Waals surface area contributed by atoms with Crippen LogP contribution >= 0.6 is 24.0 Å². The van der Waals surface area contributed by atoms with Crippen LogP contribution in [0.15, 0.2) is 11.2 Å². The van der Waals surface area contributed by atoms with E-state index in [1.807, 2.05) is 7.05 Å². The van der Waals surface area contributed by atoms with Gasteiger partial charge in [-0.2, -0.15) is 5.10 Å². The highest BCUT2D eigenvalue weighted by molar-refractivity contribution is 14.0.